The fourth-order valence-electron chi connectivity index (χ4n) is 6.54. The second-order valence-corrected chi connectivity index (χ2v) is 14.3. The minimum Gasteiger partial charge on any atom is -0.397 e. The van der Waals surface area contributed by atoms with E-state index < -0.39 is 6.04 Å². The second-order valence-electron chi connectivity index (χ2n) is 12.6. The van der Waals surface area contributed by atoms with Crippen molar-refractivity contribution in [3.8, 4) is 11.3 Å². The quantitative estimate of drug-likeness (QED) is 0.160. The number of halogens is 2. The number of nitrogen functional groups attached to an aromatic ring is 1. The van der Waals surface area contributed by atoms with Gasteiger partial charge in [-0.1, -0.05) is 30.3 Å². The lowest BCUT2D eigenvalue weighted by Gasteiger charge is -2.38. The molecule has 0 bridgehead atoms. The maximum absolute atomic E-state index is 14.1. The minimum absolute atomic E-state index is 0.0214. The Labute approximate surface area is 301 Å². The molecule has 4 aromatic rings. The Morgan fingerprint density at radius 2 is 1.53 bits per heavy atom. The van der Waals surface area contributed by atoms with E-state index in [0.717, 1.165) is 22.5 Å². The molecule has 2 fully saturated rings. The number of aromatic nitrogens is 2. The number of ketones is 1. The fraction of sp³-hybridized carbons (Fsp3) is 0.333. The van der Waals surface area contributed by atoms with Gasteiger partial charge in [-0.25, -0.2) is 9.59 Å². The standard InChI is InChI=1S/C36H39Br2N7O4/c1-23(46)25-7-9-27(10-8-25)42-15-17-43(18-16-42)34(47)31(21-24-19-29(37)33(39)30(38)20-24)40-35(48)44-13-11-28(12-14-44)45-22-32(41-36(45)49)26-5-3-2-4-6-26/h2-10,19-20,22,28,31H,11-18,21,39H2,1H3,(H,40,48)(H,41,49)/t31-/m0/s1. The van der Waals surface area contributed by atoms with Crippen molar-refractivity contribution in [1.82, 2.24) is 24.7 Å². The van der Waals surface area contributed by atoms with Crippen LogP contribution in [-0.2, 0) is 11.2 Å². The van der Waals surface area contributed by atoms with E-state index in [4.69, 9.17) is 5.73 Å². The second kappa shape index (κ2) is 15.0. The number of hydrogen-bond donors (Lipinski definition) is 3. The predicted octanol–water partition coefficient (Wildman–Crippen LogP) is 5.46. The van der Waals surface area contributed by atoms with E-state index in [-0.39, 0.29) is 35.9 Å². The van der Waals surface area contributed by atoms with Crippen LogP contribution in [0.3, 0.4) is 0 Å². The van der Waals surface area contributed by atoms with Gasteiger partial charge in [-0.15, -0.1) is 0 Å². The first kappa shape index (κ1) is 34.5. The predicted molar refractivity (Wildman–Crippen MR) is 198 cm³/mol. The summed E-state index contributed by atoms with van der Waals surface area (Å²) in [7, 11) is 0. The lowest BCUT2D eigenvalue weighted by atomic mass is 10.0. The third kappa shape index (κ3) is 7.94. The molecule has 0 unspecified atom stereocenters. The molecule has 3 aromatic carbocycles. The number of anilines is 2. The molecule has 0 aliphatic carbocycles. The number of aromatic amines is 1. The number of amides is 3. The van der Waals surface area contributed by atoms with Gasteiger partial charge in [0.2, 0.25) is 5.91 Å². The molecule has 0 spiro atoms. The van der Waals surface area contributed by atoms with Gasteiger partial charge in [-0.2, -0.15) is 0 Å². The molecule has 2 saturated heterocycles. The van der Waals surface area contributed by atoms with Crippen LogP contribution in [0.15, 0.2) is 86.7 Å². The Balaban J connectivity index is 1.12. The van der Waals surface area contributed by atoms with Crippen LogP contribution in [0.1, 0.15) is 41.7 Å². The van der Waals surface area contributed by atoms with Gasteiger partial charge in [0, 0.05) is 78.1 Å². The molecular weight excluding hydrogens is 754 g/mol. The summed E-state index contributed by atoms with van der Waals surface area (Å²) in [5, 5.41) is 3.05. The molecule has 3 heterocycles. The van der Waals surface area contributed by atoms with Gasteiger partial charge in [0.25, 0.3) is 0 Å². The van der Waals surface area contributed by atoms with Gasteiger partial charge in [-0.3, -0.25) is 14.2 Å². The zero-order valence-corrected chi connectivity index (χ0v) is 30.4. The largest absolute Gasteiger partial charge is 0.397 e. The number of Topliss-reactive ketones (excluding diaryl/α,β-unsaturated/α-hetero) is 1. The van der Waals surface area contributed by atoms with Crippen molar-refractivity contribution in [2.75, 3.05) is 49.9 Å². The molecule has 49 heavy (non-hydrogen) atoms. The smallest absolute Gasteiger partial charge is 0.326 e. The van der Waals surface area contributed by atoms with E-state index in [0.29, 0.717) is 72.3 Å². The first-order valence-electron chi connectivity index (χ1n) is 16.4. The maximum atomic E-state index is 14.1. The van der Waals surface area contributed by atoms with Crippen LogP contribution < -0.4 is 21.6 Å². The maximum Gasteiger partial charge on any atom is 0.326 e. The molecule has 1 atom stereocenters. The third-order valence-electron chi connectivity index (χ3n) is 9.38. The average Bonchev–Trinajstić information content (AvgIpc) is 3.51. The number of imidazole rings is 1. The summed E-state index contributed by atoms with van der Waals surface area (Å²) in [4.78, 5) is 60.9. The number of benzene rings is 3. The lowest BCUT2D eigenvalue weighted by Crippen LogP contribution is -2.57. The Hall–Kier alpha value is -4.36. The number of carbonyl (C=O) groups is 3. The molecule has 2 aliphatic rings. The summed E-state index contributed by atoms with van der Waals surface area (Å²) in [6.45, 7) is 4.70. The van der Waals surface area contributed by atoms with E-state index in [1.54, 1.807) is 16.4 Å². The van der Waals surface area contributed by atoms with E-state index in [9.17, 15) is 19.2 Å². The molecule has 0 radical (unpaired) electrons. The highest BCUT2D eigenvalue weighted by Crippen LogP contribution is 2.30. The van der Waals surface area contributed by atoms with Crippen LogP contribution in [0.4, 0.5) is 16.2 Å². The molecule has 0 saturated carbocycles. The first-order valence-corrected chi connectivity index (χ1v) is 18.0. The highest BCUT2D eigenvalue weighted by atomic mass is 79.9. The molecule has 3 amide bonds. The Morgan fingerprint density at radius 1 is 0.898 bits per heavy atom. The van der Waals surface area contributed by atoms with Gasteiger partial charge in [-0.05, 0) is 99.2 Å². The summed E-state index contributed by atoms with van der Waals surface area (Å²) in [5.41, 5.74) is 10.7. The number of piperidine rings is 1. The summed E-state index contributed by atoms with van der Waals surface area (Å²) in [6.07, 6.45) is 3.37. The Morgan fingerprint density at radius 3 is 2.14 bits per heavy atom. The highest BCUT2D eigenvalue weighted by Gasteiger charge is 2.32. The fourth-order valence-corrected chi connectivity index (χ4v) is 7.82. The molecule has 2 aliphatic heterocycles. The minimum atomic E-state index is -0.797. The topological polar surface area (TPSA) is 137 Å². The van der Waals surface area contributed by atoms with Crippen molar-refractivity contribution in [2.45, 2.75) is 38.3 Å². The number of nitrogens with two attached hydrogens (primary N) is 1. The zero-order valence-electron chi connectivity index (χ0n) is 27.2. The van der Waals surface area contributed by atoms with Gasteiger partial charge >= 0.3 is 11.7 Å². The van der Waals surface area contributed by atoms with E-state index in [1.165, 1.54) is 0 Å². The van der Waals surface area contributed by atoms with Crippen LogP contribution in [0.5, 0.6) is 0 Å². The van der Waals surface area contributed by atoms with Crippen molar-refractivity contribution in [3.63, 3.8) is 0 Å². The number of piperazine rings is 1. The average molecular weight is 794 g/mol. The number of likely N-dealkylation sites (tertiary alicyclic amines) is 1. The summed E-state index contributed by atoms with van der Waals surface area (Å²) >= 11 is 7.01. The number of nitrogens with one attached hydrogen (secondary N) is 2. The molecule has 4 N–H and O–H groups in total. The SMILES string of the molecule is CC(=O)c1ccc(N2CCN(C(=O)[C@H](Cc3cc(Br)c(N)c(Br)c3)NC(=O)N3CCC(n4cc(-c5ccccc5)[nH]c4=O)CC3)CC2)cc1. The van der Waals surface area contributed by atoms with E-state index in [2.05, 4.69) is 47.1 Å². The van der Waals surface area contributed by atoms with Gasteiger partial charge in [0.15, 0.2) is 5.78 Å². The Kier molecular flexibility index (Phi) is 10.6. The Bertz CT molecular complexity index is 1850. The number of nitrogens with zero attached hydrogens (tertiary/aromatic N) is 4. The van der Waals surface area contributed by atoms with E-state index in [1.807, 2.05) is 77.8 Å². The van der Waals surface area contributed by atoms with Crippen molar-refractivity contribution in [1.29, 1.82) is 0 Å². The first-order chi connectivity index (χ1) is 23.6. The summed E-state index contributed by atoms with van der Waals surface area (Å²) in [6, 6.07) is 19.8. The third-order valence-corrected chi connectivity index (χ3v) is 10.7. The molecular formula is C36H39Br2N7O4. The van der Waals surface area contributed by atoms with Gasteiger partial charge in [0.05, 0.1) is 11.4 Å². The van der Waals surface area contributed by atoms with Crippen molar-refractivity contribution in [2.24, 2.45) is 0 Å². The number of H-pyrrole nitrogens is 1. The molecule has 11 nitrogen and oxygen atoms in total. The number of rotatable bonds is 8. The van der Waals surface area contributed by atoms with E-state index >= 15 is 0 Å². The highest BCUT2D eigenvalue weighted by molar-refractivity contribution is 9.11. The van der Waals surface area contributed by atoms with Crippen LogP contribution in [-0.4, -0.2) is 82.4 Å². The zero-order chi connectivity index (χ0) is 34.7. The van der Waals surface area contributed by atoms with Gasteiger partial charge < -0.3 is 30.7 Å². The number of urea groups is 1. The van der Waals surface area contributed by atoms with Crippen LogP contribution in [0, 0.1) is 0 Å². The molecule has 1 aromatic heterocycles. The normalized spacial score (nSPS) is 16.0. The van der Waals surface area contributed by atoms with Crippen molar-refractivity contribution < 1.29 is 14.4 Å². The van der Waals surface area contributed by atoms with Crippen molar-refractivity contribution >= 4 is 61.0 Å². The van der Waals surface area contributed by atoms with Crippen LogP contribution in [0.2, 0.25) is 0 Å². The summed E-state index contributed by atoms with van der Waals surface area (Å²) in [5.74, 6) is -0.126. The molecule has 13 heteroatoms. The molecule has 6 rings (SSSR count). The van der Waals surface area contributed by atoms with Crippen LogP contribution >= 0.6 is 31.9 Å². The van der Waals surface area contributed by atoms with Crippen LogP contribution in [0.25, 0.3) is 11.3 Å². The monoisotopic (exact) mass is 791 g/mol. The van der Waals surface area contributed by atoms with Gasteiger partial charge in [0.1, 0.15) is 6.04 Å². The number of hydrogen-bond acceptors (Lipinski definition) is 6. The summed E-state index contributed by atoms with van der Waals surface area (Å²) < 4.78 is 3.14. The van der Waals surface area contributed by atoms with Crippen molar-refractivity contribution in [3.05, 3.63) is 103 Å². The molecule has 256 valence electrons. The lowest BCUT2D eigenvalue weighted by molar-refractivity contribution is -0.133. The number of carbonyl (C=O) groups excluding carboxylic acids is 3.